The van der Waals surface area contributed by atoms with E-state index >= 15 is 0 Å². The Bertz CT molecular complexity index is 452. The number of alkyl halides is 1. The molecular formula is C12H12Cl2O4. The van der Waals surface area contributed by atoms with Crippen LogP contribution < -0.4 is 9.47 Å². The van der Waals surface area contributed by atoms with Gasteiger partial charge < -0.3 is 18.9 Å². The molecule has 2 aliphatic rings. The van der Waals surface area contributed by atoms with Gasteiger partial charge in [-0.3, -0.25) is 0 Å². The molecule has 98 valence electrons. The van der Waals surface area contributed by atoms with Crippen molar-refractivity contribution in [3.63, 3.8) is 0 Å². The number of fused-ring (bicyclic) bond motifs is 1. The maximum Gasteiger partial charge on any atom is 0.184 e. The van der Waals surface area contributed by atoms with E-state index in [2.05, 4.69) is 0 Å². The number of hydrogen-bond donors (Lipinski definition) is 0. The molecular weight excluding hydrogens is 279 g/mol. The van der Waals surface area contributed by atoms with Crippen LogP contribution in [0.2, 0.25) is 5.02 Å². The minimum absolute atomic E-state index is 0.0800. The number of hydrogen-bond acceptors (Lipinski definition) is 4. The van der Waals surface area contributed by atoms with E-state index in [9.17, 15) is 0 Å². The van der Waals surface area contributed by atoms with Crippen LogP contribution in [0.4, 0.5) is 0 Å². The van der Waals surface area contributed by atoms with Gasteiger partial charge in [0.2, 0.25) is 0 Å². The Hall–Kier alpha value is -0.680. The first-order valence-corrected chi connectivity index (χ1v) is 6.61. The van der Waals surface area contributed by atoms with Gasteiger partial charge in [-0.15, -0.1) is 11.6 Å². The molecule has 18 heavy (non-hydrogen) atoms. The normalized spacial score (nSPS) is 26.3. The molecule has 0 amide bonds. The Morgan fingerprint density at radius 3 is 2.83 bits per heavy atom. The third kappa shape index (κ3) is 2.26. The summed E-state index contributed by atoms with van der Waals surface area (Å²) in [6.45, 7) is 1.51. The molecule has 6 heteroatoms. The van der Waals surface area contributed by atoms with Gasteiger partial charge in [-0.2, -0.15) is 0 Å². The standard InChI is InChI=1S/C12H12Cl2O4/c13-5-8-6-17-12(18-8)7-3-9(14)11-10(4-7)15-1-2-16-11/h3-4,8,12H,1-2,5-6H2. The molecule has 1 aromatic carbocycles. The molecule has 4 nitrogen and oxygen atoms in total. The minimum atomic E-state index is -0.443. The quantitative estimate of drug-likeness (QED) is 0.785. The van der Waals surface area contributed by atoms with Crippen molar-refractivity contribution >= 4 is 23.2 Å². The van der Waals surface area contributed by atoms with Crippen molar-refractivity contribution in [3.8, 4) is 11.5 Å². The summed E-state index contributed by atoms with van der Waals surface area (Å²) in [5, 5.41) is 0.503. The second kappa shape index (κ2) is 5.13. The molecule has 2 aliphatic heterocycles. The molecule has 0 N–H and O–H groups in total. The first-order valence-electron chi connectivity index (χ1n) is 5.70. The second-order valence-corrected chi connectivity index (χ2v) is 4.82. The number of benzene rings is 1. The lowest BCUT2D eigenvalue weighted by Gasteiger charge is -2.21. The predicted molar refractivity (Wildman–Crippen MR) is 66.7 cm³/mol. The monoisotopic (exact) mass is 290 g/mol. The molecule has 0 radical (unpaired) electrons. The fourth-order valence-corrected chi connectivity index (χ4v) is 2.41. The summed E-state index contributed by atoms with van der Waals surface area (Å²) in [6, 6.07) is 3.61. The van der Waals surface area contributed by atoms with Crippen molar-refractivity contribution in [1.82, 2.24) is 0 Å². The fraction of sp³-hybridized carbons (Fsp3) is 0.500. The van der Waals surface area contributed by atoms with Crippen LogP contribution in [0.3, 0.4) is 0 Å². The van der Waals surface area contributed by atoms with Crippen LogP contribution in [-0.4, -0.2) is 31.8 Å². The summed E-state index contributed by atoms with van der Waals surface area (Å²) < 4.78 is 22.1. The predicted octanol–water partition coefficient (Wildman–Crippen LogP) is 2.76. The van der Waals surface area contributed by atoms with Gasteiger partial charge in [0.1, 0.15) is 13.2 Å². The zero-order valence-corrected chi connectivity index (χ0v) is 11.0. The third-order valence-electron chi connectivity index (χ3n) is 2.81. The van der Waals surface area contributed by atoms with E-state index in [4.69, 9.17) is 42.1 Å². The van der Waals surface area contributed by atoms with Gasteiger partial charge in [-0.1, -0.05) is 11.6 Å². The molecule has 0 saturated carbocycles. The van der Waals surface area contributed by atoms with Gasteiger partial charge in [-0.05, 0) is 12.1 Å². The van der Waals surface area contributed by atoms with Gasteiger partial charge in [0.25, 0.3) is 0 Å². The van der Waals surface area contributed by atoms with Crippen LogP contribution in [0.25, 0.3) is 0 Å². The average molecular weight is 291 g/mol. The van der Waals surface area contributed by atoms with Crippen LogP contribution in [0.5, 0.6) is 11.5 Å². The molecule has 0 aromatic heterocycles. The lowest BCUT2D eigenvalue weighted by molar-refractivity contribution is -0.0569. The summed E-state index contributed by atoms with van der Waals surface area (Å²) >= 11 is 11.9. The van der Waals surface area contributed by atoms with Crippen molar-refractivity contribution in [2.45, 2.75) is 12.4 Å². The van der Waals surface area contributed by atoms with E-state index < -0.39 is 6.29 Å². The molecule has 2 atom stereocenters. The summed E-state index contributed by atoms with van der Waals surface area (Å²) in [5.41, 5.74) is 0.817. The largest absolute Gasteiger partial charge is 0.486 e. The summed E-state index contributed by atoms with van der Waals surface area (Å²) in [6.07, 6.45) is -0.522. The fourth-order valence-electron chi connectivity index (χ4n) is 1.97. The smallest absolute Gasteiger partial charge is 0.184 e. The highest BCUT2D eigenvalue weighted by Gasteiger charge is 2.29. The molecule has 1 aromatic rings. The third-order valence-corrected chi connectivity index (χ3v) is 3.44. The number of halogens is 2. The Labute approximate surface area is 115 Å². The van der Waals surface area contributed by atoms with E-state index in [0.29, 0.717) is 42.2 Å². The van der Waals surface area contributed by atoms with Crippen LogP contribution in [-0.2, 0) is 9.47 Å². The summed E-state index contributed by atoms with van der Waals surface area (Å²) in [5.74, 6) is 1.62. The number of ether oxygens (including phenoxy) is 4. The van der Waals surface area contributed by atoms with Crippen LogP contribution in [0, 0.1) is 0 Å². The van der Waals surface area contributed by atoms with Gasteiger partial charge in [0.15, 0.2) is 17.8 Å². The maximum atomic E-state index is 6.15. The second-order valence-electron chi connectivity index (χ2n) is 4.10. The summed E-state index contributed by atoms with van der Waals surface area (Å²) in [4.78, 5) is 0. The number of rotatable bonds is 2. The Morgan fingerprint density at radius 2 is 2.06 bits per heavy atom. The summed E-state index contributed by atoms with van der Waals surface area (Å²) in [7, 11) is 0. The van der Waals surface area contributed by atoms with Crippen molar-refractivity contribution in [2.75, 3.05) is 25.7 Å². The molecule has 2 heterocycles. The highest BCUT2D eigenvalue weighted by atomic mass is 35.5. The van der Waals surface area contributed by atoms with Crippen LogP contribution >= 0.6 is 23.2 Å². The highest BCUT2D eigenvalue weighted by Crippen LogP contribution is 2.41. The van der Waals surface area contributed by atoms with Gasteiger partial charge in [-0.25, -0.2) is 0 Å². The zero-order valence-electron chi connectivity index (χ0n) is 9.53. The molecule has 0 spiro atoms. The van der Waals surface area contributed by atoms with Crippen molar-refractivity contribution in [2.24, 2.45) is 0 Å². The average Bonchev–Trinajstić information content (AvgIpc) is 2.87. The maximum absolute atomic E-state index is 6.15. The van der Waals surface area contributed by atoms with Crippen molar-refractivity contribution in [1.29, 1.82) is 0 Å². The highest BCUT2D eigenvalue weighted by molar-refractivity contribution is 6.32. The molecule has 1 fully saturated rings. The Morgan fingerprint density at radius 1 is 1.22 bits per heavy atom. The Kier molecular flexibility index (Phi) is 3.52. The van der Waals surface area contributed by atoms with Crippen LogP contribution in [0.1, 0.15) is 11.9 Å². The van der Waals surface area contributed by atoms with E-state index in [0.717, 1.165) is 5.56 Å². The first kappa shape index (κ1) is 12.4. The molecule has 2 unspecified atom stereocenters. The minimum Gasteiger partial charge on any atom is -0.486 e. The molecule has 3 rings (SSSR count). The van der Waals surface area contributed by atoms with Crippen molar-refractivity contribution in [3.05, 3.63) is 22.7 Å². The molecule has 0 bridgehead atoms. The van der Waals surface area contributed by atoms with E-state index in [1.165, 1.54) is 0 Å². The lowest BCUT2D eigenvalue weighted by Crippen LogP contribution is -2.16. The lowest BCUT2D eigenvalue weighted by atomic mass is 10.2. The van der Waals surface area contributed by atoms with Crippen LogP contribution in [0.15, 0.2) is 12.1 Å². The SMILES string of the molecule is ClCC1COC(c2cc(Cl)c3c(c2)OCCO3)O1. The Balaban J connectivity index is 1.87. The van der Waals surface area contributed by atoms with Gasteiger partial charge in [0.05, 0.1) is 23.6 Å². The van der Waals surface area contributed by atoms with Crippen molar-refractivity contribution < 1.29 is 18.9 Å². The van der Waals surface area contributed by atoms with E-state index in [1.54, 1.807) is 6.07 Å². The zero-order chi connectivity index (χ0) is 12.5. The van der Waals surface area contributed by atoms with Gasteiger partial charge >= 0.3 is 0 Å². The molecule has 1 saturated heterocycles. The topological polar surface area (TPSA) is 36.9 Å². The molecule has 0 aliphatic carbocycles. The van der Waals surface area contributed by atoms with E-state index in [-0.39, 0.29) is 6.10 Å². The first-order chi connectivity index (χ1) is 8.78. The van der Waals surface area contributed by atoms with Gasteiger partial charge in [0, 0.05) is 5.56 Å². The van der Waals surface area contributed by atoms with E-state index in [1.807, 2.05) is 6.07 Å².